The second kappa shape index (κ2) is 4.13. The number of pyridine rings is 1. The number of nitrogens with one attached hydrogen (secondary N) is 1. The van der Waals surface area contributed by atoms with Crippen LogP contribution in [0, 0.1) is 10.1 Å². The third-order valence-corrected chi connectivity index (χ3v) is 1.78. The van der Waals surface area contributed by atoms with Gasteiger partial charge in [-0.1, -0.05) is 0 Å². The first-order valence-corrected chi connectivity index (χ1v) is 3.86. The monoisotopic (exact) mass is 219 g/mol. The number of rotatable bonds is 3. The van der Waals surface area contributed by atoms with Gasteiger partial charge in [0.1, 0.15) is 0 Å². The van der Waals surface area contributed by atoms with E-state index in [0.29, 0.717) is 0 Å². The molecule has 0 aliphatic carbocycles. The van der Waals surface area contributed by atoms with Crippen molar-refractivity contribution in [3.05, 3.63) is 37.8 Å². The van der Waals surface area contributed by atoms with E-state index in [1.165, 1.54) is 0 Å². The summed E-state index contributed by atoms with van der Waals surface area (Å²) >= 11 is 0. The quantitative estimate of drug-likeness (QED) is 0.576. The molecule has 1 rings (SSSR count). The molecule has 15 heavy (non-hydrogen) atoms. The van der Waals surface area contributed by atoms with Crippen LogP contribution in [0.25, 0.3) is 0 Å². The number of hydrogen-bond acceptors (Lipinski definition) is 4. The van der Waals surface area contributed by atoms with E-state index in [2.05, 4.69) is 0 Å². The van der Waals surface area contributed by atoms with Crippen molar-refractivity contribution in [1.29, 1.82) is 0 Å². The number of aromatic nitrogens is 1. The van der Waals surface area contributed by atoms with Crippen LogP contribution in [0.2, 0.25) is 0 Å². The lowest BCUT2D eigenvalue weighted by atomic mass is 10.2. The van der Waals surface area contributed by atoms with Crippen LogP contribution < -0.4 is 11.2 Å². The van der Waals surface area contributed by atoms with Crippen LogP contribution in [0.3, 0.4) is 0 Å². The average Bonchev–Trinajstić information content (AvgIpc) is 2.16. The molecule has 6 nitrogen and oxygen atoms in total. The van der Waals surface area contributed by atoms with E-state index in [1.54, 1.807) is 0 Å². The number of alkyl halides is 2. The number of aromatic amines is 1. The van der Waals surface area contributed by atoms with Gasteiger partial charge in [0.25, 0.3) is 11.9 Å². The van der Waals surface area contributed by atoms with Crippen LogP contribution in [0.15, 0.2) is 11.0 Å². The van der Waals surface area contributed by atoms with Crippen molar-refractivity contribution in [3.8, 4) is 0 Å². The molecule has 1 aromatic rings. The molecule has 0 saturated heterocycles. The molecule has 0 unspecified atom stereocenters. The molecule has 0 amide bonds. The van der Waals surface area contributed by atoms with Crippen molar-refractivity contribution >= 4 is 5.69 Å². The van der Waals surface area contributed by atoms with Crippen molar-refractivity contribution in [2.45, 2.75) is 13.0 Å². The number of nitro groups is 1. The van der Waals surface area contributed by atoms with Gasteiger partial charge < -0.3 is 10.7 Å². The summed E-state index contributed by atoms with van der Waals surface area (Å²) in [6, 6.07) is 0. The summed E-state index contributed by atoms with van der Waals surface area (Å²) in [5, 5.41) is 10.4. The topological polar surface area (TPSA) is 102 Å². The van der Waals surface area contributed by atoms with Crippen molar-refractivity contribution in [2.75, 3.05) is 0 Å². The first-order valence-electron chi connectivity index (χ1n) is 3.86. The first-order chi connectivity index (χ1) is 6.99. The molecule has 1 aromatic heterocycles. The Labute approximate surface area is 81.9 Å². The number of halogens is 2. The van der Waals surface area contributed by atoms with Crippen molar-refractivity contribution in [2.24, 2.45) is 5.73 Å². The van der Waals surface area contributed by atoms with Gasteiger partial charge >= 0.3 is 5.69 Å². The third-order valence-electron chi connectivity index (χ3n) is 1.78. The van der Waals surface area contributed by atoms with Crippen molar-refractivity contribution < 1.29 is 13.7 Å². The number of hydrogen-bond donors (Lipinski definition) is 2. The molecular weight excluding hydrogens is 212 g/mol. The normalized spacial score (nSPS) is 10.7. The van der Waals surface area contributed by atoms with Gasteiger partial charge in [0.2, 0.25) is 0 Å². The Hall–Kier alpha value is -1.83. The summed E-state index contributed by atoms with van der Waals surface area (Å²) in [5.74, 6) is 0. The fraction of sp³-hybridized carbons (Fsp3) is 0.286. The highest BCUT2D eigenvalue weighted by Gasteiger charge is 2.27. The van der Waals surface area contributed by atoms with E-state index in [0.717, 1.165) is 6.20 Å². The summed E-state index contributed by atoms with van der Waals surface area (Å²) in [6.07, 6.45) is -2.15. The van der Waals surface area contributed by atoms with E-state index in [9.17, 15) is 23.7 Å². The highest BCUT2D eigenvalue weighted by atomic mass is 19.3. The summed E-state index contributed by atoms with van der Waals surface area (Å²) in [5.41, 5.74) is 1.79. The average molecular weight is 219 g/mol. The molecule has 3 N–H and O–H groups in total. The molecular formula is C7H7F2N3O3. The zero-order valence-corrected chi connectivity index (χ0v) is 7.37. The first kappa shape index (κ1) is 11.2. The summed E-state index contributed by atoms with van der Waals surface area (Å²) in [7, 11) is 0. The van der Waals surface area contributed by atoms with Gasteiger partial charge in [-0.3, -0.25) is 14.9 Å². The largest absolute Gasteiger partial charge is 0.354 e. The minimum Gasteiger partial charge on any atom is -0.354 e. The molecule has 0 aliphatic heterocycles. The Morgan fingerprint density at radius 1 is 1.60 bits per heavy atom. The molecule has 82 valence electrons. The number of nitrogens with two attached hydrogens (primary N) is 1. The fourth-order valence-electron chi connectivity index (χ4n) is 1.07. The Bertz CT molecular complexity index is 444. The predicted molar refractivity (Wildman–Crippen MR) is 46.6 cm³/mol. The van der Waals surface area contributed by atoms with Gasteiger partial charge in [-0.15, -0.1) is 0 Å². The lowest BCUT2D eigenvalue weighted by Crippen LogP contribution is -2.19. The van der Waals surface area contributed by atoms with Crippen LogP contribution in [-0.2, 0) is 6.54 Å². The van der Waals surface area contributed by atoms with E-state index in [-0.39, 0.29) is 12.1 Å². The Morgan fingerprint density at radius 2 is 2.20 bits per heavy atom. The lowest BCUT2D eigenvalue weighted by Gasteiger charge is -2.02. The maximum absolute atomic E-state index is 12.3. The second-order valence-corrected chi connectivity index (χ2v) is 2.67. The van der Waals surface area contributed by atoms with Crippen molar-refractivity contribution in [1.82, 2.24) is 4.98 Å². The molecule has 0 spiro atoms. The molecule has 8 heteroatoms. The summed E-state index contributed by atoms with van der Waals surface area (Å²) < 4.78 is 24.6. The van der Waals surface area contributed by atoms with Gasteiger partial charge in [0.05, 0.1) is 4.92 Å². The maximum Gasteiger partial charge on any atom is 0.341 e. The predicted octanol–water partition coefficient (Wildman–Crippen LogP) is 0.679. The highest BCUT2D eigenvalue weighted by molar-refractivity contribution is 5.38. The van der Waals surface area contributed by atoms with Crippen LogP contribution in [0.1, 0.15) is 17.7 Å². The molecule has 0 bridgehead atoms. The highest BCUT2D eigenvalue weighted by Crippen LogP contribution is 2.23. The lowest BCUT2D eigenvalue weighted by molar-refractivity contribution is -0.387. The Morgan fingerprint density at radius 3 is 2.60 bits per heavy atom. The van der Waals surface area contributed by atoms with Crippen LogP contribution in [0.5, 0.6) is 0 Å². The van der Waals surface area contributed by atoms with Gasteiger partial charge in [-0.25, -0.2) is 8.78 Å². The molecule has 0 saturated carbocycles. The van der Waals surface area contributed by atoms with Gasteiger partial charge in [-0.2, -0.15) is 0 Å². The molecule has 0 atom stereocenters. The number of H-pyrrole nitrogens is 1. The molecule has 0 radical (unpaired) electrons. The standard InChI is InChI=1S/C7H7F2N3O3/c8-7(9)4-5(12(14)15)6(13)3(1-10)2-11-4/h2,7H,1,10H2,(H,11,13). The Kier molecular flexibility index (Phi) is 3.10. The van der Waals surface area contributed by atoms with E-state index >= 15 is 0 Å². The molecule has 1 heterocycles. The summed E-state index contributed by atoms with van der Waals surface area (Å²) in [6.45, 7) is -0.250. The second-order valence-electron chi connectivity index (χ2n) is 2.67. The Balaban J connectivity index is 3.52. The smallest absolute Gasteiger partial charge is 0.341 e. The molecule has 0 fully saturated rings. The minimum absolute atomic E-state index is 0.105. The van der Waals surface area contributed by atoms with Gasteiger partial charge in [-0.05, 0) is 0 Å². The fourth-order valence-corrected chi connectivity index (χ4v) is 1.07. The zero-order chi connectivity index (χ0) is 11.6. The van der Waals surface area contributed by atoms with E-state index in [1.807, 2.05) is 4.98 Å². The summed E-state index contributed by atoms with van der Waals surface area (Å²) in [4.78, 5) is 22.6. The van der Waals surface area contributed by atoms with E-state index < -0.39 is 28.2 Å². The van der Waals surface area contributed by atoms with Gasteiger partial charge in [0.15, 0.2) is 5.69 Å². The SMILES string of the molecule is NCc1c[nH]c(C(F)F)c([N+](=O)[O-])c1=O. The zero-order valence-electron chi connectivity index (χ0n) is 7.37. The minimum atomic E-state index is -3.11. The maximum atomic E-state index is 12.3. The van der Waals surface area contributed by atoms with Crippen LogP contribution in [0.4, 0.5) is 14.5 Å². The molecule has 0 aliphatic rings. The van der Waals surface area contributed by atoms with Crippen molar-refractivity contribution in [3.63, 3.8) is 0 Å². The molecule has 0 aromatic carbocycles. The third kappa shape index (κ3) is 1.99. The van der Waals surface area contributed by atoms with Crippen LogP contribution >= 0.6 is 0 Å². The van der Waals surface area contributed by atoms with Crippen LogP contribution in [-0.4, -0.2) is 9.91 Å². The van der Waals surface area contributed by atoms with Gasteiger partial charge in [0, 0.05) is 18.3 Å². The van der Waals surface area contributed by atoms with E-state index in [4.69, 9.17) is 5.73 Å². The number of nitrogens with zero attached hydrogens (tertiary/aromatic N) is 1.